The predicted molar refractivity (Wildman–Crippen MR) is 53.2 cm³/mol. The molecule has 0 bridgehead atoms. The van der Waals surface area contributed by atoms with Crippen molar-refractivity contribution in [2.45, 2.75) is 30.1 Å². The molecule has 0 aromatic carbocycles. The second-order valence-corrected chi connectivity index (χ2v) is 8.60. The van der Waals surface area contributed by atoms with E-state index in [1.807, 2.05) is 6.92 Å². The summed E-state index contributed by atoms with van der Waals surface area (Å²) in [6.45, 7) is 1.87. The number of rotatable bonds is 4. The zero-order valence-corrected chi connectivity index (χ0v) is 9.84. The Kier molecular flexibility index (Phi) is 6.78. The molecular weight excluding hydrogens is 230 g/mol. The molecule has 0 radical (unpaired) electrons. The van der Waals surface area contributed by atoms with E-state index < -0.39 is 7.42 Å². The molecule has 62 valence electrons. The van der Waals surface area contributed by atoms with Crippen LogP contribution < -0.4 is 0 Å². The Morgan fingerprint density at radius 1 is 1.30 bits per heavy atom. The van der Waals surface area contributed by atoms with Gasteiger partial charge in [-0.25, -0.2) is 0 Å². The monoisotopic (exact) mass is 238 g/mol. The molecule has 0 fully saturated rings. The average Bonchev–Trinajstić information content (AvgIpc) is 1.82. The van der Waals surface area contributed by atoms with E-state index in [1.165, 1.54) is 0 Å². The lowest BCUT2D eigenvalue weighted by atomic mass is 10.3. The normalized spacial score (nSPS) is 17.4. The molecule has 0 nitrogen and oxygen atoms in total. The van der Waals surface area contributed by atoms with Gasteiger partial charge in [0.05, 0.1) is 0 Å². The van der Waals surface area contributed by atoms with Crippen molar-refractivity contribution in [3.8, 4) is 0 Å². The molecule has 0 aromatic rings. The Labute approximate surface area is 82.8 Å². The quantitative estimate of drug-likeness (QED) is 0.401. The molecular formula is C5H10Cl4Si. The SMILES string of the molecule is CC(Cl)C(Cl)CC[SiH](Cl)Cl. The van der Waals surface area contributed by atoms with Crippen LogP contribution in [-0.2, 0) is 0 Å². The molecule has 0 aliphatic heterocycles. The summed E-state index contributed by atoms with van der Waals surface area (Å²) in [6, 6.07) is 0.842. The van der Waals surface area contributed by atoms with E-state index >= 15 is 0 Å². The first-order valence-corrected chi connectivity index (χ1v) is 8.28. The van der Waals surface area contributed by atoms with E-state index in [1.54, 1.807) is 0 Å². The summed E-state index contributed by atoms with van der Waals surface area (Å²) in [5.74, 6) is 0. The molecule has 5 heteroatoms. The van der Waals surface area contributed by atoms with E-state index in [4.69, 9.17) is 45.4 Å². The first-order chi connectivity index (χ1) is 4.54. The van der Waals surface area contributed by atoms with Gasteiger partial charge in [-0.2, -0.15) is 22.2 Å². The maximum Gasteiger partial charge on any atom is 0.237 e. The number of halogens is 4. The molecule has 0 saturated heterocycles. The summed E-state index contributed by atoms with van der Waals surface area (Å²) >= 11 is 22.8. The standard InChI is InChI=1S/C5H10Cl4Si/c1-4(6)5(7)2-3-10(8)9/h4-5,10H,2-3H2,1H3. The van der Waals surface area contributed by atoms with Crippen molar-refractivity contribution in [2.75, 3.05) is 0 Å². The fourth-order valence-electron chi connectivity index (χ4n) is 0.515. The summed E-state index contributed by atoms with van der Waals surface area (Å²) < 4.78 is 0. The Balaban J connectivity index is 3.30. The fraction of sp³-hybridized carbons (Fsp3) is 1.00. The van der Waals surface area contributed by atoms with Gasteiger partial charge in [-0.05, 0) is 19.4 Å². The highest BCUT2D eigenvalue weighted by Crippen LogP contribution is 2.18. The van der Waals surface area contributed by atoms with E-state index in [0.717, 1.165) is 12.5 Å². The molecule has 0 rings (SSSR count). The predicted octanol–water partition coefficient (Wildman–Crippen LogP) is 3.31. The fourth-order valence-corrected chi connectivity index (χ4v) is 2.35. The largest absolute Gasteiger partial charge is 0.237 e. The Hall–Kier alpha value is 1.38. The van der Waals surface area contributed by atoms with Crippen molar-refractivity contribution in [3.05, 3.63) is 0 Å². The molecule has 0 aromatic heterocycles. The molecule has 2 atom stereocenters. The highest BCUT2D eigenvalue weighted by molar-refractivity contribution is 7.33. The maximum absolute atomic E-state index is 5.83. The molecule has 0 aliphatic carbocycles. The van der Waals surface area contributed by atoms with Gasteiger partial charge in [0.25, 0.3) is 0 Å². The zero-order chi connectivity index (χ0) is 8.15. The first-order valence-electron chi connectivity index (χ1n) is 3.10. The number of hydrogen-bond donors (Lipinski definition) is 0. The third-order valence-corrected chi connectivity index (χ3v) is 4.27. The molecule has 0 amide bonds. The van der Waals surface area contributed by atoms with E-state index in [2.05, 4.69) is 0 Å². The second-order valence-electron chi connectivity index (χ2n) is 2.16. The van der Waals surface area contributed by atoms with Gasteiger partial charge in [0, 0.05) is 10.8 Å². The molecule has 0 aliphatic rings. The molecule has 0 heterocycles. The molecule has 0 N–H and O–H groups in total. The van der Waals surface area contributed by atoms with Crippen LogP contribution in [-0.4, -0.2) is 18.2 Å². The van der Waals surface area contributed by atoms with E-state index in [0.29, 0.717) is 0 Å². The van der Waals surface area contributed by atoms with Gasteiger partial charge in [-0.3, -0.25) is 0 Å². The van der Waals surface area contributed by atoms with Crippen LogP contribution in [0.3, 0.4) is 0 Å². The van der Waals surface area contributed by atoms with Crippen molar-refractivity contribution in [2.24, 2.45) is 0 Å². The van der Waals surface area contributed by atoms with E-state index in [-0.39, 0.29) is 10.8 Å². The maximum atomic E-state index is 5.83. The molecule has 10 heavy (non-hydrogen) atoms. The lowest BCUT2D eigenvalue weighted by molar-refractivity contribution is 0.787. The smallest absolute Gasteiger partial charge is 0.150 e. The summed E-state index contributed by atoms with van der Waals surface area (Å²) in [4.78, 5) is 0. The van der Waals surface area contributed by atoms with Gasteiger partial charge < -0.3 is 0 Å². The van der Waals surface area contributed by atoms with Crippen LogP contribution in [0.5, 0.6) is 0 Å². The van der Waals surface area contributed by atoms with Crippen LogP contribution in [0.2, 0.25) is 6.04 Å². The lowest BCUT2D eigenvalue weighted by Crippen LogP contribution is -2.12. The van der Waals surface area contributed by atoms with Crippen molar-refractivity contribution in [1.82, 2.24) is 0 Å². The van der Waals surface area contributed by atoms with Crippen LogP contribution in [0.25, 0.3) is 0 Å². The zero-order valence-electron chi connectivity index (χ0n) is 5.66. The molecule has 0 spiro atoms. The number of hydrogen-bond acceptors (Lipinski definition) is 0. The van der Waals surface area contributed by atoms with Crippen LogP contribution in [0, 0.1) is 0 Å². The summed E-state index contributed by atoms with van der Waals surface area (Å²) in [6.07, 6.45) is 0.829. The van der Waals surface area contributed by atoms with Crippen molar-refractivity contribution in [1.29, 1.82) is 0 Å². The summed E-state index contributed by atoms with van der Waals surface area (Å²) in [7, 11) is -1.47. The van der Waals surface area contributed by atoms with Crippen molar-refractivity contribution < 1.29 is 0 Å². The van der Waals surface area contributed by atoms with Crippen LogP contribution >= 0.6 is 45.4 Å². The summed E-state index contributed by atoms with van der Waals surface area (Å²) in [5, 5.41) is 0.0110. The van der Waals surface area contributed by atoms with Gasteiger partial charge in [-0.15, -0.1) is 23.2 Å². The second kappa shape index (κ2) is 5.96. The Bertz CT molecular complexity index is 85.7. The third-order valence-electron chi connectivity index (χ3n) is 1.16. The van der Waals surface area contributed by atoms with Gasteiger partial charge >= 0.3 is 0 Å². The first kappa shape index (κ1) is 11.4. The van der Waals surface area contributed by atoms with Gasteiger partial charge in [0.15, 0.2) is 0 Å². The minimum atomic E-state index is -1.47. The van der Waals surface area contributed by atoms with Crippen molar-refractivity contribution >= 4 is 52.8 Å². The highest BCUT2D eigenvalue weighted by Gasteiger charge is 2.13. The lowest BCUT2D eigenvalue weighted by Gasteiger charge is -2.10. The highest BCUT2D eigenvalue weighted by atomic mass is 35.7. The van der Waals surface area contributed by atoms with Crippen molar-refractivity contribution in [3.63, 3.8) is 0 Å². The Morgan fingerprint density at radius 2 is 1.80 bits per heavy atom. The van der Waals surface area contributed by atoms with Gasteiger partial charge in [-0.1, -0.05) is 0 Å². The summed E-state index contributed by atoms with van der Waals surface area (Å²) in [5.41, 5.74) is 0. The topological polar surface area (TPSA) is 0 Å². The third kappa shape index (κ3) is 6.11. The van der Waals surface area contributed by atoms with Gasteiger partial charge in [0.2, 0.25) is 7.42 Å². The van der Waals surface area contributed by atoms with Crippen LogP contribution in [0.15, 0.2) is 0 Å². The Morgan fingerprint density at radius 3 is 2.10 bits per heavy atom. The minimum Gasteiger partial charge on any atom is -0.150 e. The molecule has 0 saturated carbocycles. The minimum absolute atomic E-state index is 0.00255. The number of alkyl halides is 2. The van der Waals surface area contributed by atoms with Crippen LogP contribution in [0.1, 0.15) is 13.3 Å². The van der Waals surface area contributed by atoms with Crippen LogP contribution in [0.4, 0.5) is 0 Å². The molecule has 2 unspecified atom stereocenters. The van der Waals surface area contributed by atoms with Gasteiger partial charge in [0.1, 0.15) is 0 Å². The average molecular weight is 240 g/mol. The van der Waals surface area contributed by atoms with E-state index in [9.17, 15) is 0 Å².